The number of anilines is 1. The zero-order valence-electron chi connectivity index (χ0n) is 17.3. The Labute approximate surface area is 170 Å². The van der Waals surface area contributed by atoms with Gasteiger partial charge in [-0.2, -0.15) is 5.10 Å². The van der Waals surface area contributed by atoms with Gasteiger partial charge in [-0.05, 0) is 46.1 Å². The summed E-state index contributed by atoms with van der Waals surface area (Å²) in [6.07, 6.45) is 1.69. The van der Waals surface area contributed by atoms with Gasteiger partial charge in [0.15, 0.2) is 0 Å². The maximum absolute atomic E-state index is 6.23. The Bertz CT molecular complexity index is 866. The summed E-state index contributed by atoms with van der Waals surface area (Å²) in [7, 11) is 2.65. The maximum atomic E-state index is 6.23. The lowest BCUT2D eigenvalue weighted by Crippen LogP contribution is -2.41. The van der Waals surface area contributed by atoms with Crippen molar-refractivity contribution in [3.8, 4) is 11.5 Å². The summed E-state index contributed by atoms with van der Waals surface area (Å²) in [4.78, 5) is 4.34. The van der Waals surface area contributed by atoms with Crippen LogP contribution in [0.1, 0.15) is 39.0 Å². The van der Waals surface area contributed by atoms with Gasteiger partial charge in [0.2, 0.25) is 5.13 Å². The van der Waals surface area contributed by atoms with Gasteiger partial charge in [-0.1, -0.05) is 0 Å². The van der Waals surface area contributed by atoms with E-state index >= 15 is 0 Å². The first-order valence-corrected chi connectivity index (χ1v) is 9.87. The summed E-state index contributed by atoms with van der Waals surface area (Å²) in [5.74, 6) is 1.27. The number of hydrazone groups is 1. The van der Waals surface area contributed by atoms with Crippen LogP contribution in [-0.2, 0) is 9.31 Å². The molecule has 150 valence electrons. The molecule has 0 unspecified atom stereocenters. The van der Waals surface area contributed by atoms with Gasteiger partial charge in [0.1, 0.15) is 11.5 Å². The molecular formula is C19H26BN3O4S. The van der Waals surface area contributed by atoms with E-state index in [9.17, 15) is 0 Å². The van der Waals surface area contributed by atoms with Crippen molar-refractivity contribution >= 4 is 35.3 Å². The van der Waals surface area contributed by atoms with Crippen molar-refractivity contribution in [1.82, 2.24) is 4.98 Å². The molecule has 1 N–H and O–H groups in total. The van der Waals surface area contributed by atoms with Gasteiger partial charge in [-0.15, -0.1) is 11.3 Å². The second-order valence-corrected chi connectivity index (χ2v) is 8.44. The summed E-state index contributed by atoms with van der Waals surface area (Å²) < 4.78 is 23.5. The molecule has 1 aromatic heterocycles. The summed E-state index contributed by atoms with van der Waals surface area (Å²) in [5.41, 5.74) is 4.52. The topological polar surface area (TPSA) is 74.2 Å². The van der Waals surface area contributed by atoms with E-state index in [-0.39, 0.29) is 0 Å². The van der Waals surface area contributed by atoms with Crippen LogP contribution in [0.3, 0.4) is 0 Å². The molecule has 2 aromatic rings. The van der Waals surface area contributed by atoms with Crippen LogP contribution in [0.4, 0.5) is 5.13 Å². The van der Waals surface area contributed by atoms with Crippen molar-refractivity contribution < 1.29 is 18.8 Å². The van der Waals surface area contributed by atoms with E-state index in [1.165, 1.54) is 11.3 Å². The van der Waals surface area contributed by atoms with Crippen molar-refractivity contribution in [2.75, 3.05) is 19.6 Å². The largest absolute Gasteiger partial charge is 0.497 e. The molecule has 2 heterocycles. The van der Waals surface area contributed by atoms with Crippen LogP contribution in [0.25, 0.3) is 0 Å². The molecule has 1 fully saturated rings. The van der Waals surface area contributed by atoms with Crippen molar-refractivity contribution in [1.29, 1.82) is 0 Å². The highest BCUT2D eigenvalue weighted by Gasteiger charge is 2.52. The van der Waals surface area contributed by atoms with E-state index in [1.807, 2.05) is 52.1 Å². The average Bonchev–Trinajstić information content (AvgIpc) is 3.14. The van der Waals surface area contributed by atoms with Crippen LogP contribution in [-0.4, -0.2) is 43.7 Å². The first-order chi connectivity index (χ1) is 13.2. The number of nitrogens with zero attached hydrogens (tertiary/aromatic N) is 2. The fourth-order valence-corrected chi connectivity index (χ4v) is 3.41. The molecule has 28 heavy (non-hydrogen) atoms. The van der Waals surface area contributed by atoms with Crippen LogP contribution in [0, 0.1) is 6.92 Å². The van der Waals surface area contributed by atoms with E-state index in [1.54, 1.807) is 20.4 Å². The maximum Gasteiger partial charge on any atom is 0.495 e. The minimum Gasteiger partial charge on any atom is -0.497 e. The molecule has 1 saturated heterocycles. The average molecular weight is 403 g/mol. The molecule has 0 aliphatic carbocycles. The highest BCUT2D eigenvalue weighted by molar-refractivity contribution is 7.13. The molecule has 1 aliphatic rings. The van der Waals surface area contributed by atoms with Crippen LogP contribution >= 0.6 is 11.3 Å². The number of benzene rings is 1. The lowest BCUT2D eigenvalue weighted by molar-refractivity contribution is 0.00578. The van der Waals surface area contributed by atoms with E-state index in [4.69, 9.17) is 18.8 Å². The highest BCUT2D eigenvalue weighted by atomic mass is 32.1. The van der Waals surface area contributed by atoms with E-state index in [2.05, 4.69) is 15.5 Å². The van der Waals surface area contributed by atoms with Crippen LogP contribution < -0.4 is 20.4 Å². The van der Waals surface area contributed by atoms with Gasteiger partial charge in [0.05, 0.1) is 37.3 Å². The van der Waals surface area contributed by atoms with Gasteiger partial charge in [-0.3, -0.25) is 5.43 Å². The first-order valence-electron chi connectivity index (χ1n) is 8.99. The smallest absolute Gasteiger partial charge is 0.495 e. The summed E-state index contributed by atoms with van der Waals surface area (Å²) in [6.45, 7) is 10.0. The molecule has 9 heteroatoms. The molecule has 0 amide bonds. The number of aromatic nitrogens is 1. The summed E-state index contributed by atoms with van der Waals surface area (Å²) in [5, 5.41) is 7.02. The number of ether oxygens (including phenoxy) is 2. The lowest BCUT2D eigenvalue weighted by Gasteiger charge is -2.32. The SMILES string of the molecule is COc1cc(OC)c(C=NNc2nc(C)cs2)c(B2OC(C)(C)C(C)(C)O2)c1. The fraction of sp³-hybridized carbons (Fsp3) is 0.474. The van der Waals surface area contributed by atoms with Gasteiger partial charge < -0.3 is 18.8 Å². The second-order valence-electron chi connectivity index (χ2n) is 7.58. The van der Waals surface area contributed by atoms with E-state index in [0.29, 0.717) is 11.5 Å². The van der Waals surface area contributed by atoms with Crippen LogP contribution in [0.15, 0.2) is 22.6 Å². The zero-order chi connectivity index (χ0) is 20.5. The van der Waals surface area contributed by atoms with Gasteiger partial charge >= 0.3 is 7.12 Å². The first kappa shape index (κ1) is 20.6. The fourth-order valence-electron chi connectivity index (χ4n) is 2.77. The molecular weight excluding hydrogens is 377 g/mol. The van der Waals surface area contributed by atoms with Crippen molar-refractivity contribution in [2.24, 2.45) is 5.10 Å². The van der Waals surface area contributed by atoms with Gasteiger partial charge in [0.25, 0.3) is 0 Å². The molecule has 3 rings (SSSR count). The number of hydrogen-bond donors (Lipinski definition) is 1. The normalized spacial score (nSPS) is 17.9. The Kier molecular flexibility index (Phi) is 5.70. The molecule has 0 spiro atoms. The standard InChI is InChI=1S/C19H26BN3O4S/c1-12-11-28-17(22-12)23-21-10-14-15(8-13(24-6)9-16(14)25-7)20-26-18(2,3)19(4,5)27-20/h8-11H,1-7H3,(H,22,23). The Morgan fingerprint density at radius 1 is 1.14 bits per heavy atom. The van der Waals surface area contributed by atoms with Gasteiger partial charge in [-0.25, -0.2) is 4.98 Å². The second kappa shape index (κ2) is 7.73. The number of nitrogens with one attached hydrogen (secondary N) is 1. The number of rotatable bonds is 6. The Morgan fingerprint density at radius 3 is 2.36 bits per heavy atom. The lowest BCUT2D eigenvalue weighted by atomic mass is 9.75. The molecule has 0 saturated carbocycles. The molecule has 0 atom stereocenters. The predicted octanol–water partition coefficient (Wildman–Crippen LogP) is 3.21. The minimum atomic E-state index is -0.572. The molecule has 1 aliphatic heterocycles. The van der Waals surface area contributed by atoms with Crippen LogP contribution in [0.2, 0.25) is 0 Å². The van der Waals surface area contributed by atoms with Crippen molar-refractivity contribution in [2.45, 2.75) is 45.8 Å². The summed E-state index contributed by atoms with van der Waals surface area (Å²) in [6, 6.07) is 3.70. The number of methoxy groups -OCH3 is 2. The van der Waals surface area contributed by atoms with Gasteiger partial charge in [0, 0.05) is 17.0 Å². The van der Waals surface area contributed by atoms with E-state index < -0.39 is 18.3 Å². The predicted molar refractivity (Wildman–Crippen MR) is 113 cm³/mol. The van der Waals surface area contributed by atoms with Crippen LogP contribution in [0.5, 0.6) is 11.5 Å². The Morgan fingerprint density at radius 2 is 1.82 bits per heavy atom. The quantitative estimate of drug-likeness (QED) is 0.454. The third kappa shape index (κ3) is 4.01. The third-order valence-electron chi connectivity index (χ3n) is 5.08. The third-order valence-corrected chi connectivity index (χ3v) is 5.95. The highest BCUT2D eigenvalue weighted by Crippen LogP contribution is 2.37. The monoisotopic (exact) mass is 403 g/mol. The number of thiazole rings is 1. The van der Waals surface area contributed by atoms with Crippen molar-refractivity contribution in [3.05, 3.63) is 28.8 Å². The number of hydrogen-bond acceptors (Lipinski definition) is 8. The Balaban J connectivity index is 1.98. The van der Waals surface area contributed by atoms with Crippen molar-refractivity contribution in [3.63, 3.8) is 0 Å². The number of aryl methyl sites for hydroxylation is 1. The molecule has 0 bridgehead atoms. The van der Waals surface area contributed by atoms with E-state index in [0.717, 1.165) is 21.9 Å². The molecule has 0 radical (unpaired) electrons. The molecule has 7 nitrogen and oxygen atoms in total. The summed E-state index contributed by atoms with van der Waals surface area (Å²) >= 11 is 1.49. The zero-order valence-corrected chi connectivity index (χ0v) is 18.1. The minimum absolute atomic E-state index is 0.459. The Hall–Kier alpha value is -2.10. The molecule has 1 aromatic carbocycles.